The van der Waals surface area contributed by atoms with Crippen LogP contribution >= 0.6 is 0 Å². The van der Waals surface area contributed by atoms with E-state index in [-0.39, 0.29) is 0 Å². The molecule has 0 radical (unpaired) electrons. The van der Waals surface area contributed by atoms with Crippen LogP contribution in [0, 0.1) is 6.92 Å². The van der Waals surface area contributed by atoms with Crippen LogP contribution in [0.25, 0.3) is 27.6 Å². The largest absolute Gasteiger partial charge is 0.0798 e. The average molecular weight is 296 g/mol. The first-order chi connectivity index (χ1) is 10.8. The van der Waals surface area contributed by atoms with Crippen molar-refractivity contribution in [1.82, 2.24) is 0 Å². The van der Waals surface area contributed by atoms with Gasteiger partial charge >= 0.3 is 0 Å². The van der Waals surface area contributed by atoms with Gasteiger partial charge in [0.25, 0.3) is 0 Å². The van der Waals surface area contributed by atoms with Gasteiger partial charge < -0.3 is 0 Å². The summed E-state index contributed by atoms with van der Waals surface area (Å²) in [6, 6.07) is 15.4. The molecule has 0 fully saturated rings. The summed E-state index contributed by atoms with van der Waals surface area (Å²) in [4.78, 5) is 0. The molecule has 0 amide bonds. The van der Waals surface area contributed by atoms with E-state index in [2.05, 4.69) is 62.4 Å². The van der Waals surface area contributed by atoms with E-state index >= 15 is 0 Å². The van der Waals surface area contributed by atoms with Gasteiger partial charge in [-0.2, -0.15) is 0 Å². The molecule has 3 aromatic rings. The van der Waals surface area contributed by atoms with E-state index in [0.29, 0.717) is 0 Å². The maximum absolute atomic E-state index is 2.21. The minimum atomic E-state index is 1.34. The van der Waals surface area contributed by atoms with E-state index in [0.717, 1.165) is 0 Å². The maximum atomic E-state index is 2.21. The summed E-state index contributed by atoms with van der Waals surface area (Å²) in [7, 11) is 0. The normalized spacial score (nSPS) is 10.1. The lowest BCUT2D eigenvalue weighted by Crippen LogP contribution is -2.02. The molecule has 0 aliphatic heterocycles. The van der Waals surface area contributed by atoms with Crippen LogP contribution in [0.2, 0.25) is 0 Å². The SMILES string of the molecule is C/C=c1/ccc2cccc3ccc(C)c1c32.CC.CC.CC. The Bertz CT molecular complexity index is 705. The lowest BCUT2D eigenvalue weighted by Gasteiger charge is -2.08. The van der Waals surface area contributed by atoms with Gasteiger partial charge in [0, 0.05) is 0 Å². The van der Waals surface area contributed by atoms with Crippen molar-refractivity contribution in [3.8, 4) is 0 Å². The van der Waals surface area contributed by atoms with Crippen molar-refractivity contribution in [2.24, 2.45) is 0 Å². The van der Waals surface area contributed by atoms with E-state index in [1.165, 1.54) is 32.3 Å². The number of benzene rings is 3. The Morgan fingerprint density at radius 1 is 0.636 bits per heavy atom. The van der Waals surface area contributed by atoms with Gasteiger partial charge in [0.15, 0.2) is 0 Å². The minimum absolute atomic E-state index is 1.34. The van der Waals surface area contributed by atoms with Crippen LogP contribution in [0.1, 0.15) is 54.0 Å². The van der Waals surface area contributed by atoms with Gasteiger partial charge in [-0.3, -0.25) is 0 Å². The van der Waals surface area contributed by atoms with Crippen LogP contribution in [0.5, 0.6) is 0 Å². The molecule has 0 aliphatic carbocycles. The highest BCUT2D eigenvalue weighted by molar-refractivity contribution is 6.11. The van der Waals surface area contributed by atoms with Crippen molar-refractivity contribution < 1.29 is 0 Å². The molecular weight excluding hydrogens is 264 g/mol. The molecule has 0 nitrogen and oxygen atoms in total. The number of rotatable bonds is 0. The fraction of sp³-hybridized carbons (Fsp3) is 0.364. The lowest BCUT2D eigenvalue weighted by atomic mass is 9.96. The number of aryl methyl sites for hydroxylation is 1. The Hall–Kier alpha value is -1.82. The molecule has 0 spiro atoms. The highest BCUT2D eigenvalue weighted by Crippen LogP contribution is 2.26. The molecule has 0 saturated carbocycles. The first kappa shape index (κ1) is 20.2. The van der Waals surface area contributed by atoms with Gasteiger partial charge in [0.2, 0.25) is 0 Å². The average Bonchev–Trinajstić information content (AvgIpc) is 2.63. The van der Waals surface area contributed by atoms with Crippen molar-refractivity contribution >= 4 is 27.6 Å². The first-order valence-corrected chi connectivity index (χ1v) is 8.68. The smallest absolute Gasteiger partial charge is 0.00303 e. The van der Waals surface area contributed by atoms with Crippen LogP contribution < -0.4 is 5.22 Å². The third-order valence-electron chi connectivity index (χ3n) is 3.33. The quantitative estimate of drug-likeness (QED) is 0.423. The molecule has 22 heavy (non-hydrogen) atoms. The molecule has 3 aromatic carbocycles. The predicted octanol–water partition coefficient (Wildman–Crippen LogP) is 6.90. The summed E-state index contributed by atoms with van der Waals surface area (Å²) in [5.74, 6) is 0. The second-order valence-electron chi connectivity index (χ2n) is 4.28. The lowest BCUT2D eigenvalue weighted by molar-refractivity contribution is 1.50. The molecule has 0 N–H and O–H groups in total. The molecular formula is C22H32. The van der Waals surface area contributed by atoms with Gasteiger partial charge in [-0.1, -0.05) is 90.1 Å². The summed E-state index contributed by atoms with van der Waals surface area (Å²) in [5.41, 5.74) is 1.36. The standard InChI is InChI=1S/C16H14.3C2H6/c1-3-12-9-10-14-6-4-5-13-8-7-11(2)15(12)16(13)14;3*1-2/h3-10H,1-2H3;3*1-2H3/b12-3-;;;. The van der Waals surface area contributed by atoms with Gasteiger partial charge in [0.1, 0.15) is 0 Å². The van der Waals surface area contributed by atoms with Gasteiger partial charge in [0.05, 0.1) is 0 Å². The van der Waals surface area contributed by atoms with Crippen molar-refractivity contribution in [1.29, 1.82) is 0 Å². The third-order valence-corrected chi connectivity index (χ3v) is 3.33. The van der Waals surface area contributed by atoms with E-state index in [1.54, 1.807) is 0 Å². The van der Waals surface area contributed by atoms with Crippen molar-refractivity contribution in [2.45, 2.75) is 55.4 Å². The second-order valence-corrected chi connectivity index (χ2v) is 4.28. The van der Waals surface area contributed by atoms with Gasteiger partial charge in [-0.15, -0.1) is 0 Å². The highest BCUT2D eigenvalue weighted by atomic mass is 14.1. The molecule has 0 saturated heterocycles. The maximum Gasteiger partial charge on any atom is -0.00303 e. The summed E-state index contributed by atoms with van der Waals surface area (Å²) in [6.07, 6.45) is 2.19. The van der Waals surface area contributed by atoms with Crippen LogP contribution in [-0.2, 0) is 0 Å². The first-order valence-electron chi connectivity index (χ1n) is 8.68. The molecule has 0 aliphatic rings. The molecule has 3 rings (SSSR count). The Morgan fingerprint density at radius 2 is 1.14 bits per heavy atom. The molecule has 120 valence electrons. The second kappa shape index (κ2) is 10.8. The summed E-state index contributed by atoms with van der Waals surface area (Å²) >= 11 is 0. The number of hydrogen-bond acceptors (Lipinski definition) is 0. The van der Waals surface area contributed by atoms with E-state index in [4.69, 9.17) is 0 Å². The molecule has 0 heterocycles. The fourth-order valence-corrected chi connectivity index (χ4v) is 2.53. The molecule has 0 unspecified atom stereocenters. The summed E-state index contributed by atoms with van der Waals surface area (Å²) < 4.78 is 0. The molecule has 0 heteroatoms. The van der Waals surface area contributed by atoms with Crippen molar-refractivity contribution in [3.05, 3.63) is 53.2 Å². The molecule has 0 atom stereocenters. The van der Waals surface area contributed by atoms with Crippen LogP contribution in [0.4, 0.5) is 0 Å². The fourth-order valence-electron chi connectivity index (χ4n) is 2.53. The van der Waals surface area contributed by atoms with E-state index in [1.807, 2.05) is 41.5 Å². The van der Waals surface area contributed by atoms with Crippen LogP contribution in [0.15, 0.2) is 42.5 Å². The van der Waals surface area contributed by atoms with Crippen molar-refractivity contribution in [3.63, 3.8) is 0 Å². The number of hydrogen-bond donors (Lipinski definition) is 0. The van der Waals surface area contributed by atoms with Gasteiger partial charge in [-0.05, 0) is 46.2 Å². The predicted molar refractivity (Wildman–Crippen MR) is 106 cm³/mol. The molecule has 0 bridgehead atoms. The van der Waals surface area contributed by atoms with E-state index < -0.39 is 0 Å². The zero-order valence-electron chi connectivity index (χ0n) is 15.6. The van der Waals surface area contributed by atoms with E-state index in [9.17, 15) is 0 Å². The van der Waals surface area contributed by atoms with Gasteiger partial charge in [-0.25, -0.2) is 0 Å². The zero-order chi connectivity index (χ0) is 17.1. The Balaban J connectivity index is 0.000000661. The topological polar surface area (TPSA) is 0 Å². The minimum Gasteiger partial charge on any atom is -0.0798 e. The zero-order valence-corrected chi connectivity index (χ0v) is 15.6. The van der Waals surface area contributed by atoms with Crippen LogP contribution in [-0.4, -0.2) is 0 Å². The van der Waals surface area contributed by atoms with Crippen LogP contribution in [0.3, 0.4) is 0 Å². The molecule has 0 aromatic heterocycles. The summed E-state index contributed by atoms with van der Waals surface area (Å²) in [6.45, 7) is 16.3. The monoisotopic (exact) mass is 296 g/mol. The Kier molecular flexibility index (Phi) is 9.95. The van der Waals surface area contributed by atoms with Crippen molar-refractivity contribution in [2.75, 3.05) is 0 Å². The highest BCUT2D eigenvalue weighted by Gasteiger charge is 2.04. The Morgan fingerprint density at radius 3 is 1.64 bits per heavy atom. The summed E-state index contributed by atoms with van der Waals surface area (Å²) in [5, 5.41) is 6.81. The Labute approximate surface area is 136 Å². The third kappa shape index (κ3) is 4.10.